The molecule has 2 aromatic rings. The second-order valence-electron chi connectivity index (χ2n) is 6.00. The number of aryl methyl sites for hydroxylation is 1. The first-order chi connectivity index (χ1) is 11.4. The Morgan fingerprint density at radius 2 is 2.08 bits per heavy atom. The number of nitrogens with one attached hydrogen (secondary N) is 2. The highest BCUT2D eigenvalue weighted by atomic mass is 32.2. The predicted molar refractivity (Wildman–Crippen MR) is 94.8 cm³/mol. The number of fused-ring (bicyclic) bond motifs is 1. The Morgan fingerprint density at radius 3 is 2.79 bits per heavy atom. The molecule has 0 spiro atoms. The van der Waals surface area contributed by atoms with Crippen molar-refractivity contribution in [1.82, 2.24) is 20.2 Å². The van der Waals surface area contributed by atoms with Gasteiger partial charge in [0.25, 0.3) is 5.56 Å². The molecule has 0 fully saturated rings. The molecule has 9 heteroatoms. The lowest BCUT2D eigenvalue weighted by Crippen LogP contribution is -2.23. The van der Waals surface area contributed by atoms with E-state index in [2.05, 4.69) is 25.5 Å². The Kier molecular flexibility index (Phi) is 5.00. The number of thioether (sulfide) groups is 1. The van der Waals surface area contributed by atoms with Crippen molar-refractivity contribution in [2.24, 2.45) is 0 Å². The zero-order valence-corrected chi connectivity index (χ0v) is 15.4. The molecule has 1 unspecified atom stereocenters. The molecule has 7 nitrogen and oxygen atoms in total. The maximum atomic E-state index is 12.3. The maximum absolute atomic E-state index is 12.3. The Labute approximate surface area is 147 Å². The number of H-pyrrole nitrogens is 1. The quantitative estimate of drug-likeness (QED) is 0.623. The molecule has 0 bridgehead atoms. The molecule has 2 heterocycles. The molecule has 0 saturated heterocycles. The summed E-state index contributed by atoms with van der Waals surface area (Å²) >= 11 is 2.62. The van der Waals surface area contributed by atoms with E-state index in [9.17, 15) is 9.59 Å². The lowest BCUT2D eigenvalue weighted by atomic mass is 10.2. The van der Waals surface area contributed by atoms with Crippen molar-refractivity contribution in [1.29, 1.82) is 0 Å². The van der Waals surface area contributed by atoms with Gasteiger partial charge in [0.15, 0.2) is 5.16 Å². The molecule has 1 atom stereocenters. The second-order valence-corrected chi connectivity index (χ2v) is 8.34. The topological polar surface area (TPSA) is 101 Å². The van der Waals surface area contributed by atoms with E-state index < -0.39 is 5.25 Å². The summed E-state index contributed by atoms with van der Waals surface area (Å²) in [7, 11) is 0. The Bertz CT molecular complexity index is 814. The molecular formula is C15H19N5O2S2. The zero-order valence-electron chi connectivity index (χ0n) is 13.8. The van der Waals surface area contributed by atoms with Gasteiger partial charge >= 0.3 is 0 Å². The van der Waals surface area contributed by atoms with Gasteiger partial charge in [-0.25, -0.2) is 4.98 Å². The van der Waals surface area contributed by atoms with Gasteiger partial charge in [-0.05, 0) is 26.2 Å². The Hall–Kier alpha value is -1.74. The number of nitrogens with zero attached hydrogens (tertiary/aromatic N) is 3. The first-order valence-electron chi connectivity index (χ1n) is 7.87. The van der Waals surface area contributed by atoms with Crippen molar-refractivity contribution in [3.63, 3.8) is 0 Å². The highest BCUT2D eigenvalue weighted by molar-refractivity contribution is 8.00. The molecule has 3 rings (SSSR count). The highest BCUT2D eigenvalue weighted by Crippen LogP contribution is 2.25. The fraction of sp³-hybridized carbons (Fsp3) is 0.533. The van der Waals surface area contributed by atoms with E-state index in [0.29, 0.717) is 10.3 Å². The number of anilines is 1. The van der Waals surface area contributed by atoms with Gasteiger partial charge in [0, 0.05) is 11.5 Å². The predicted octanol–water partition coefficient (Wildman–Crippen LogP) is 2.35. The van der Waals surface area contributed by atoms with Gasteiger partial charge in [0.1, 0.15) is 5.01 Å². The third kappa shape index (κ3) is 3.67. The molecule has 2 N–H and O–H groups in total. The lowest BCUT2D eigenvalue weighted by molar-refractivity contribution is -0.115. The van der Waals surface area contributed by atoms with Crippen LogP contribution in [0, 0.1) is 0 Å². The van der Waals surface area contributed by atoms with E-state index in [1.54, 1.807) is 6.92 Å². The number of carbonyl (C=O) groups excluding carboxylic acids is 1. The third-order valence-electron chi connectivity index (χ3n) is 3.74. The van der Waals surface area contributed by atoms with Crippen LogP contribution in [0.1, 0.15) is 49.4 Å². The molecule has 128 valence electrons. The van der Waals surface area contributed by atoms with Crippen LogP contribution in [-0.4, -0.2) is 31.3 Å². The number of amides is 1. The first kappa shape index (κ1) is 17.1. The van der Waals surface area contributed by atoms with Gasteiger partial charge in [-0.15, -0.1) is 10.2 Å². The number of rotatable bonds is 5. The minimum atomic E-state index is -0.404. The summed E-state index contributed by atoms with van der Waals surface area (Å²) in [6, 6.07) is 0. The van der Waals surface area contributed by atoms with Gasteiger partial charge < -0.3 is 4.98 Å². The Balaban J connectivity index is 1.66. The molecule has 0 aliphatic heterocycles. The van der Waals surface area contributed by atoms with E-state index in [4.69, 9.17) is 0 Å². The standard InChI is InChI=1S/C15H19N5O2S2/c1-7(2)13-19-20-15(24-13)17-11(21)8(3)23-14-16-10-6-4-5-9(10)12(22)18-14/h7-8H,4-6H2,1-3H3,(H,16,18,22)(H,17,20,21). The van der Waals surface area contributed by atoms with Gasteiger partial charge in [-0.3, -0.25) is 14.9 Å². The summed E-state index contributed by atoms with van der Waals surface area (Å²) in [6.45, 7) is 5.83. The SMILES string of the molecule is CC(Sc1nc2c(c(=O)[nH]1)CCC2)C(=O)Nc1nnc(C(C)C)s1. The highest BCUT2D eigenvalue weighted by Gasteiger charge is 2.21. The average molecular weight is 365 g/mol. The van der Waals surface area contributed by atoms with Crippen LogP contribution < -0.4 is 10.9 Å². The molecular weight excluding hydrogens is 346 g/mol. The second kappa shape index (κ2) is 7.02. The van der Waals surface area contributed by atoms with Crippen molar-refractivity contribution in [3.05, 3.63) is 26.6 Å². The minimum Gasteiger partial charge on any atom is -0.301 e. The molecule has 0 aromatic carbocycles. The third-order valence-corrected chi connectivity index (χ3v) is 5.87. The van der Waals surface area contributed by atoms with Crippen LogP contribution in [-0.2, 0) is 17.6 Å². The van der Waals surface area contributed by atoms with Crippen molar-refractivity contribution in [3.8, 4) is 0 Å². The van der Waals surface area contributed by atoms with E-state index in [1.807, 2.05) is 13.8 Å². The summed E-state index contributed by atoms with van der Waals surface area (Å²) in [5.74, 6) is 0.0928. The molecule has 0 radical (unpaired) electrons. The number of hydrogen-bond donors (Lipinski definition) is 2. The van der Waals surface area contributed by atoms with Gasteiger partial charge in [0.2, 0.25) is 11.0 Å². The fourth-order valence-electron chi connectivity index (χ4n) is 2.42. The molecule has 24 heavy (non-hydrogen) atoms. The zero-order chi connectivity index (χ0) is 17.3. The lowest BCUT2D eigenvalue weighted by Gasteiger charge is -2.10. The number of carbonyl (C=O) groups is 1. The smallest absolute Gasteiger partial charge is 0.254 e. The van der Waals surface area contributed by atoms with E-state index in [1.165, 1.54) is 23.1 Å². The van der Waals surface area contributed by atoms with E-state index in [0.717, 1.165) is 35.5 Å². The molecule has 2 aromatic heterocycles. The molecule has 1 aliphatic carbocycles. The van der Waals surface area contributed by atoms with Crippen LogP contribution >= 0.6 is 23.1 Å². The summed E-state index contributed by atoms with van der Waals surface area (Å²) < 4.78 is 0. The summed E-state index contributed by atoms with van der Waals surface area (Å²) in [5, 5.41) is 12.3. The van der Waals surface area contributed by atoms with E-state index in [-0.39, 0.29) is 17.4 Å². The van der Waals surface area contributed by atoms with Crippen molar-refractivity contribution >= 4 is 34.1 Å². The normalized spacial score (nSPS) is 14.7. The largest absolute Gasteiger partial charge is 0.301 e. The van der Waals surface area contributed by atoms with Crippen LogP contribution in [0.25, 0.3) is 0 Å². The number of hydrogen-bond acceptors (Lipinski definition) is 7. The number of aromatic nitrogens is 4. The minimum absolute atomic E-state index is 0.0849. The van der Waals surface area contributed by atoms with Crippen LogP contribution in [0.15, 0.2) is 9.95 Å². The van der Waals surface area contributed by atoms with Gasteiger partial charge in [-0.1, -0.05) is 36.9 Å². The average Bonchev–Trinajstić information content (AvgIpc) is 3.16. The molecule has 1 amide bonds. The van der Waals surface area contributed by atoms with Crippen LogP contribution in [0.5, 0.6) is 0 Å². The summed E-state index contributed by atoms with van der Waals surface area (Å²) in [5.41, 5.74) is 1.56. The molecule has 0 saturated carbocycles. The van der Waals surface area contributed by atoms with Gasteiger partial charge in [-0.2, -0.15) is 0 Å². The van der Waals surface area contributed by atoms with Crippen LogP contribution in [0.2, 0.25) is 0 Å². The summed E-state index contributed by atoms with van der Waals surface area (Å²) in [6.07, 6.45) is 2.58. The van der Waals surface area contributed by atoms with Crippen LogP contribution in [0.3, 0.4) is 0 Å². The first-order valence-corrected chi connectivity index (χ1v) is 9.56. The number of aromatic amines is 1. The van der Waals surface area contributed by atoms with Crippen molar-refractivity contribution < 1.29 is 4.79 Å². The summed E-state index contributed by atoms with van der Waals surface area (Å²) in [4.78, 5) is 31.6. The monoisotopic (exact) mass is 365 g/mol. The van der Waals surface area contributed by atoms with Gasteiger partial charge in [0.05, 0.1) is 10.9 Å². The van der Waals surface area contributed by atoms with Crippen molar-refractivity contribution in [2.45, 2.75) is 56.4 Å². The van der Waals surface area contributed by atoms with E-state index >= 15 is 0 Å². The van der Waals surface area contributed by atoms with Crippen molar-refractivity contribution in [2.75, 3.05) is 5.32 Å². The van der Waals surface area contributed by atoms with Crippen LogP contribution in [0.4, 0.5) is 5.13 Å². The fourth-order valence-corrected chi connectivity index (χ4v) is 3.99. The Morgan fingerprint density at radius 1 is 1.29 bits per heavy atom. The molecule has 1 aliphatic rings. The maximum Gasteiger partial charge on any atom is 0.254 e.